The minimum absolute atomic E-state index is 0.0508. The van der Waals surface area contributed by atoms with Gasteiger partial charge in [-0.3, -0.25) is 0 Å². The summed E-state index contributed by atoms with van der Waals surface area (Å²) in [6.07, 6.45) is -4.57. The Morgan fingerprint density at radius 3 is 2.04 bits per heavy atom. The number of rotatable bonds is 3. The second-order valence-corrected chi connectivity index (χ2v) is 11.7. The molecule has 0 fully saturated rings. The number of hydrogen-bond acceptors (Lipinski definition) is 3. The topological polar surface area (TPSA) is 35.5 Å². The zero-order valence-electron chi connectivity index (χ0n) is 14.5. The maximum Gasteiger partial charge on any atom is 0.416 e. The lowest BCUT2D eigenvalue weighted by Gasteiger charge is -2.36. The van der Waals surface area contributed by atoms with Crippen LogP contribution in [0.2, 0.25) is 18.1 Å². The summed E-state index contributed by atoms with van der Waals surface area (Å²) in [5, 5.41) is -0.179. The molecule has 0 bridgehead atoms. The van der Waals surface area contributed by atoms with Gasteiger partial charge >= 0.3 is 12.1 Å². The van der Waals surface area contributed by atoms with Gasteiger partial charge in [-0.2, -0.15) is 13.2 Å². The number of ether oxygens (including phenoxy) is 1. The average molecular weight is 348 g/mol. The van der Waals surface area contributed by atoms with Crippen molar-refractivity contribution in [2.45, 2.75) is 52.0 Å². The van der Waals surface area contributed by atoms with Crippen molar-refractivity contribution < 1.29 is 27.1 Å². The molecule has 0 saturated carbocycles. The molecule has 0 saturated heterocycles. The fraction of sp³-hybridized carbons (Fsp3) is 0.562. The largest absolute Gasteiger partial charge is 0.543 e. The summed E-state index contributed by atoms with van der Waals surface area (Å²) in [7, 11) is -1.20. The third-order valence-corrected chi connectivity index (χ3v) is 8.63. The lowest BCUT2D eigenvalue weighted by atomic mass is 10.0. The van der Waals surface area contributed by atoms with Gasteiger partial charge in [0.25, 0.3) is 0 Å². The molecule has 1 aromatic rings. The number of carbonyl (C=O) groups excluding carboxylic acids is 1. The predicted molar refractivity (Wildman–Crippen MR) is 85.3 cm³/mol. The summed E-state index contributed by atoms with van der Waals surface area (Å²) in [6.45, 7) is 11.1. The zero-order chi connectivity index (χ0) is 18.2. The number of methoxy groups -OCH3 is 1. The molecule has 0 radical (unpaired) electrons. The van der Waals surface area contributed by atoms with E-state index in [1.165, 1.54) is 13.0 Å². The number of halogens is 3. The molecule has 0 aliphatic heterocycles. The fourth-order valence-electron chi connectivity index (χ4n) is 1.81. The molecule has 0 N–H and O–H groups in total. The summed E-state index contributed by atoms with van der Waals surface area (Å²) in [4.78, 5) is 11.8. The minimum Gasteiger partial charge on any atom is -0.543 e. The van der Waals surface area contributed by atoms with Gasteiger partial charge in [-0.1, -0.05) is 20.8 Å². The van der Waals surface area contributed by atoms with E-state index >= 15 is 0 Å². The van der Waals surface area contributed by atoms with Crippen molar-refractivity contribution in [3.63, 3.8) is 0 Å². The normalized spacial score (nSPS) is 13.0. The smallest absolute Gasteiger partial charge is 0.416 e. The van der Waals surface area contributed by atoms with Crippen molar-refractivity contribution >= 4 is 14.3 Å². The second kappa shape index (κ2) is 6.18. The van der Waals surface area contributed by atoms with Gasteiger partial charge in [-0.05, 0) is 42.8 Å². The molecule has 3 nitrogen and oxygen atoms in total. The van der Waals surface area contributed by atoms with Crippen LogP contribution in [0.4, 0.5) is 13.2 Å². The molecule has 0 aliphatic carbocycles. The number of hydrogen-bond donors (Lipinski definition) is 0. The Morgan fingerprint density at radius 1 is 1.13 bits per heavy atom. The molecule has 1 aromatic carbocycles. The molecule has 0 aromatic heterocycles. The highest BCUT2D eigenvalue weighted by Crippen LogP contribution is 2.40. The monoisotopic (exact) mass is 348 g/mol. The van der Waals surface area contributed by atoms with E-state index in [1.807, 2.05) is 33.9 Å². The summed E-state index contributed by atoms with van der Waals surface area (Å²) in [6, 6.07) is 2.29. The van der Waals surface area contributed by atoms with E-state index < -0.39 is 26.0 Å². The number of alkyl halides is 3. The maximum atomic E-state index is 13.2. The molecule has 130 valence electrons. The molecule has 0 unspecified atom stereocenters. The molecule has 0 amide bonds. The number of carbonyl (C=O) groups is 1. The lowest BCUT2D eigenvalue weighted by Crippen LogP contribution is -2.44. The van der Waals surface area contributed by atoms with E-state index in [-0.39, 0.29) is 21.9 Å². The van der Waals surface area contributed by atoms with Crippen LogP contribution in [0.5, 0.6) is 5.75 Å². The Morgan fingerprint density at radius 2 is 1.65 bits per heavy atom. The molecule has 1 rings (SSSR count). The van der Waals surface area contributed by atoms with E-state index in [9.17, 15) is 18.0 Å². The van der Waals surface area contributed by atoms with Gasteiger partial charge < -0.3 is 9.16 Å². The van der Waals surface area contributed by atoms with Crippen LogP contribution in [0, 0.1) is 6.92 Å². The SMILES string of the molecule is COC(=O)c1cc(O[Si](C)(C)C(C)(C)C)cc(C(F)(F)F)c1C. The molecule has 0 spiro atoms. The van der Waals surface area contributed by atoms with Crippen LogP contribution in [0.15, 0.2) is 12.1 Å². The van der Waals surface area contributed by atoms with Gasteiger partial charge in [0.1, 0.15) is 5.75 Å². The highest BCUT2D eigenvalue weighted by molar-refractivity contribution is 6.74. The van der Waals surface area contributed by atoms with E-state index in [0.717, 1.165) is 13.2 Å². The Labute approximate surface area is 135 Å². The quantitative estimate of drug-likeness (QED) is 0.557. The van der Waals surface area contributed by atoms with Crippen LogP contribution in [0.25, 0.3) is 0 Å². The van der Waals surface area contributed by atoms with Crippen LogP contribution in [-0.4, -0.2) is 21.4 Å². The number of benzene rings is 1. The van der Waals surface area contributed by atoms with Crippen LogP contribution in [-0.2, 0) is 10.9 Å². The first-order valence-electron chi connectivity index (χ1n) is 7.20. The van der Waals surface area contributed by atoms with Gasteiger partial charge in [0.05, 0.1) is 18.2 Å². The molecule has 23 heavy (non-hydrogen) atoms. The van der Waals surface area contributed by atoms with Gasteiger partial charge in [-0.25, -0.2) is 4.79 Å². The summed E-state index contributed by atoms with van der Waals surface area (Å²) < 4.78 is 50.2. The summed E-state index contributed by atoms with van der Waals surface area (Å²) in [5.41, 5.74) is -1.17. The first-order valence-corrected chi connectivity index (χ1v) is 10.1. The van der Waals surface area contributed by atoms with Gasteiger partial charge in [-0.15, -0.1) is 0 Å². The third-order valence-electron chi connectivity index (χ3n) is 4.27. The molecular formula is C16H23F3O3Si. The Balaban J connectivity index is 3.48. The second-order valence-electron chi connectivity index (χ2n) is 7.00. The minimum atomic E-state index is -4.57. The van der Waals surface area contributed by atoms with Crippen LogP contribution < -0.4 is 4.43 Å². The van der Waals surface area contributed by atoms with E-state index in [1.54, 1.807) is 0 Å². The maximum absolute atomic E-state index is 13.2. The predicted octanol–water partition coefficient (Wildman–Crippen LogP) is 5.18. The van der Waals surface area contributed by atoms with E-state index in [0.29, 0.717) is 0 Å². The van der Waals surface area contributed by atoms with Crippen LogP contribution in [0.3, 0.4) is 0 Å². The molecule has 0 atom stereocenters. The lowest BCUT2D eigenvalue weighted by molar-refractivity contribution is -0.138. The van der Waals surface area contributed by atoms with Gasteiger partial charge in [0.15, 0.2) is 0 Å². The van der Waals surface area contributed by atoms with Crippen molar-refractivity contribution in [1.82, 2.24) is 0 Å². The molecule has 7 heteroatoms. The van der Waals surface area contributed by atoms with E-state index in [4.69, 9.17) is 4.43 Å². The van der Waals surface area contributed by atoms with Crippen molar-refractivity contribution in [2.75, 3.05) is 7.11 Å². The number of esters is 1. The Bertz CT molecular complexity index is 602. The highest BCUT2D eigenvalue weighted by Gasteiger charge is 2.40. The Hall–Kier alpha value is -1.50. The highest BCUT2D eigenvalue weighted by atomic mass is 28.4. The first-order chi connectivity index (χ1) is 10.2. The first kappa shape index (κ1) is 19.5. The third kappa shape index (κ3) is 4.28. The average Bonchev–Trinajstić information content (AvgIpc) is 2.36. The van der Waals surface area contributed by atoms with Crippen molar-refractivity contribution in [2.24, 2.45) is 0 Å². The molecule has 0 heterocycles. The fourth-order valence-corrected chi connectivity index (χ4v) is 2.82. The standard InChI is InChI=1S/C16H23F3O3Si/c1-10-12(14(20)21-5)8-11(9-13(10)16(17,18)19)22-23(6,7)15(2,3)4/h8-9H,1-7H3. The van der Waals surface area contributed by atoms with Crippen LogP contribution in [0.1, 0.15) is 42.3 Å². The van der Waals surface area contributed by atoms with Gasteiger partial charge in [0.2, 0.25) is 8.32 Å². The molecular weight excluding hydrogens is 325 g/mol. The van der Waals surface area contributed by atoms with Gasteiger partial charge in [0, 0.05) is 0 Å². The van der Waals surface area contributed by atoms with E-state index in [2.05, 4.69) is 4.74 Å². The van der Waals surface area contributed by atoms with Crippen LogP contribution >= 0.6 is 0 Å². The summed E-state index contributed by atoms with van der Waals surface area (Å²) >= 11 is 0. The Kier molecular flexibility index (Phi) is 5.25. The van der Waals surface area contributed by atoms with Crippen molar-refractivity contribution in [3.8, 4) is 5.75 Å². The summed E-state index contributed by atoms with van der Waals surface area (Å²) in [5.74, 6) is -0.761. The van der Waals surface area contributed by atoms with Crippen molar-refractivity contribution in [3.05, 3.63) is 28.8 Å². The molecule has 0 aliphatic rings. The zero-order valence-corrected chi connectivity index (χ0v) is 15.5. The van der Waals surface area contributed by atoms with Crippen molar-refractivity contribution in [1.29, 1.82) is 0 Å².